The first-order valence-electron chi connectivity index (χ1n) is 4.72. The molecule has 1 aliphatic heterocycles. The van der Waals surface area contributed by atoms with Gasteiger partial charge in [-0.05, 0) is 19.3 Å². The smallest absolute Gasteiger partial charge is 0.234 e. The number of carbonyl (C=O) groups excluding carboxylic acids is 1. The molecule has 2 rings (SSSR count). The summed E-state index contributed by atoms with van der Waals surface area (Å²) < 4.78 is 0. The van der Waals surface area contributed by atoms with Gasteiger partial charge in [0, 0.05) is 18.0 Å². The van der Waals surface area contributed by atoms with E-state index in [2.05, 4.69) is 16.7 Å². The minimum absolute atomic E-state index is 0.0802. The zero-order chi connectivity index (χ0) is 9.26. The van der Waals surface area contributed by atoms with Gasteiger partial charge in [-0.3, -0.25) is 4.79 Å². The molecule has 3 atom stereocenters. The van der Waals surface area contributed by atoms with E-state index < -0.39 is 0 Å². The molecule has 1 heterocycles. The van der Waals surface area contributed by atoms with Gasteiger partial charge in [-0.15, -0.1) is 0 Å². The zero-order valence-corrected chi connectivity index (χ0v) is 7.42. The fraction of sp³-hybridized carbons (Fsp3) is 0.778. The molecule has 0 bridgehead atoms. The Morgan fingerprint density at radius 2 is 2.23 bits per heavy atom. The minimum Gasteiger partial charge on any atom is -0.351 e. The van der Waals surface area contributed by atoms with Gasteiger partial charge in [0.25, 0.3) is 0 Å². The number of nitrogens with one attached hydrogen (secondary N) is 2. The molecule has 2 aliphatic rings. The molecule has 4 nitrogen and oxygen atoms in total. The lowest BCUT2D eigenvalue weighted by Gasteiger charge is -2.38. The molecule has 1 saturated heterocycles. The standard InChI is InChI=1S/C9H13N3O/c10-4-6-1-2-7-8(3-6)11-5-9(13)12-7/h6-8,11H,1-3,5H2,(H,12,13). The number of hydrogen-bond acceptors (Lipinski definition) is 3. The second-order valence-electron chi connectivity index (χ2n) is 3.80. The van der Waals surface area contributed by atoms with Crippen LogP contribution < -0.4 is 10.6 Å². The minimum atomic E-state index is 0.0802. The molecule has 0 aromatic heterocycles. The average molecular weight is 179 g/mol. The molecule has 0 aromatic carbocycles. The fourth-order valence-electron chi connectivity index (χ4n) is 2.17. The van der Waals surface area contributed by atoms with Crippen molar-refractivity contribution in [3.63, 3.8) is 0 Å². The Labute approximate surface area is 77.3 Å². The second-order valence-corrected chi connectivity index (χ2v) is 3.80. The lowest BCUT2D eigenvalue weighted by atomic mass is 9.82. The van der Waals surface area contributed by atoms with Crippen LogP contribution in [0.5, 0.6) is 0 Å². The predicted octanol–water partition coefficient (Wildman–Crippen LogP) is -0.233. The Hall–Kier alpha value is -1.08. The van der Waals surface area contributed by atoms with Gasteiger partial charge in [-0.2, -0.15) is 5.26 Å². The van der Waals surface area contributed by atoms with Gasteiger partial charge >= 0.3 is 0 Å². The van der Waals surface area contributed by atoms with E-state index in [1.807, 2.05) is 0 Å². The molecular formula is C9H13N3O. The third-order valence-electron chi connectivity index (χ3n) is 2.90. The first kappa shape index (κ1) is 8.52. The number of piperazine rings is 1. The SMILES string of the molecule is N#CC1CCC2NC(=O)CNC2C1. The van der Waals surface area contributed by atoms with E-state index in [9.17, 15) is 4.79 Å². The quantitative estimate of drug-likeness (QED) is 0.539. The van der Waals surface area contributed by atoms with Crippen molar-refractivity contribution in [3.8, 4) is 6.07 Å². The van der Waals surface area contributed by atoms with E-state index in [0.717, 1.165) is 19.3 Å². The van der Waals surface area contributed by atoms with Crippen LogP contribution in [-0.4, -0.2) is 24.5 Å². The number of hydrogen-bond donors (Lipinski definition) is 2. The largest absolute Gasteiger partial charge is 0.351 e. The molecule has 2 fully saturated rings. The highest BCUT2D eigenvalue weighted by molar-refractivity contribution is 5.79. The van der Waals surface area contributed by atoms with Crippen molar-refractivity contribution in [1.29, 1.82) is 5.26 Å². The molecule has 4 heteroatoms. The lowest BCUT2D eigenvalue weighted by Crippen LogP contribution is -2.60. The molecule has 0 radical (unpaired) electrons. The first-order chi connectivity index (χ1) is 6.29. The number of carbonyl (C=O) groups is 1. The molecule has 0 aromatic rings. The van der Waals surface area contributed by atoms with Crippen molar-refractivity contribution in [1.82, 2.24) is 10.6 Å². The average Bonchev–Trinajstić information content (AvgIpc) is 2.17. The number of nitrogens with zero attached hydrogens (tertiary/aromatic N) is 1. The number of fused-ring (bicyclic) bond motifs is 1. The second kappa shape index (κ2) is 3.35. The molecule has 70 valence electrons. The van der Waals surface area contributed by atoms with Gasteiger partial charge in [-0.25, -0.2) is 0 Å². The van der Waals surface area contributed by atoms with Gasteiger partial charge in [0.15, 0.2) is 0 Å². The van der Waals surface area contributed by atoms with Crippen molar-refractivity contribution in [3.05, 3.63) is 0 Å². The topological polar surface area (TPSA) is 64.9 Å². The van der Waals surface area contributed by atoms with E-state index in [1.54, 1.807) is 0 Å². The van der Waals surface area contributed by atoms with Crippen LogP contribution in [0.3, 0.4) is 0 Å². The van der Waals surface area contributed by atoms with E-state index in [1.165, 1.54) is 0 Å². The molecule has 2 N–H and O–H groups in total. The molecule has 1 amide bonds. The van der Waals surface area contributed by atoms with Crippen molar-refractivity contribution in [2.75, 3.05) is 6.54 Å². The van der Waals surface area contributed by atoms with Crippen LogP contribution >= 0.6 is 0 Å². The maximum atomic E-state index is 11.0. The van der Waals surface area contributed by atoms with Crippen LogP contribution in [0.1, 0.15) is 19.3 Å². The molecule has 3 unspecified atom stereocenters. The summed E-state index contributed by atoms with van der Waals surface area (Å²) in [6.07, 6.45) is 2.72. The normalized spacial score (nSPS) is 38.7. The lowest BCUT2D eigenvalue weighted by molar-refractivity contribution is -0.123. The van der Waals surface area contributed by atoms with Gasteiger partial charge < -0.3 is 10.6 Å². The third-order valence-corrected chi connectivity index (χ3v) is 2.90. The van der Waals surface area contributed by atoms with E-state index >= 15 is 0 Å². The fourth-order valence-corrected chi connectivity index (χ4v) is 2.17. The van der Waals surface area contributed by atoms with E-state index in [0.29, 0.717) is 12.6 Å². The van der Waals surface area contributed by atoms with Crippen molar-refractivity contribution in [2.24, 2.45) is 5.92 Å². The summed E-state index contributed by atoms with van der Waals surface area (Å²) >= 11 is 0. The first-order valence-corrected chi connectivity index (χ1v) is 4.72. The highest BCUT2D eigenvalue weighted by Gasteiger charge is 2.34. The number of nitriles is 1. The summed E-state index contributed by atoms with van der Waals surface area (Å²) in [5.74, 6) is 0.250. The molecule has 13 heavy (non-hydrogen) atoms. The van der Waals surface area contributed by atoms with E-state index in [4.69, 9.17) is 5.26 Å². The van der Waals surface area contributed by atoms with Crippen LogP contribution in [0, 0.1) is 17.2 Å². The Kier molecular flexibility index (Phi) is 2.19. The summed E-state index contributed by atoms with van der Waals surface area (Å²) in [5, 5.41) is 14.9. The Bertz CT molecular complexity index is 258. The Morgan fingerprint density at radius 1 is 1.38 bits per heavy atom. The summed E-state index contributed by atoms with van der Waals surface area (Å²) in [4.78, 5) is 11.0. The molecule has 0 spiro atoms. The Balaban J connectivity index is 1.98. The molecule has 1 aliphatic carbocycles. The van der Waals surface area contributed by atoms with Gasteiger partial charge in [0.2, 0.25) is 5.91 Å². The molecular weight excluding hydrogens is 166 g/mol. The third kappa shape index (κ3) is 1.65. The molecule has 1 saturated carbocycles. The van der Waals surface area contributed by atoms with Crippen LogP contribution in [-0.2, 0) is 4.79 Å². The number of rotatable bonds is 0. The van der Waals surface area contributed by atoms with E-state index in [-0.39, 0.29) is 17.9 Å². The van der Waals surface area contributed by atoms with Gasteiger partial charge in [0.05, 0.1) is 12.6 Å². The summed E-state index contributed by atoms with van der Waals surface area (Å²) in [7, 11) is 0. The monoisotopic (exact) mass is 179 g/mol. The summed E-state index contributed by atoms with van der Waals surface area (Å²) in [6, 6.07) is 2.87. The highest BCUT2D eigenvalue weighted by Crippen LogP contribution is 2.25. The van der Waals surface area contributed by atoms with Crippen molar-refractivity contribution in [2.45, 2.75) is 31.3 Å². The van der Waals surface area contributed by atoms with Gasteiger partial charge in [0.1, 0.15) is 0 Å². The maximum absolute atomic E-state index is 11.0. The van der Waals surface area contributed by atoms with Crippen LogP contribution in [0.25, 0.3) is 0 Å². The van der Waals surface area contributed by atoms with Crippen molar-refractivity contribution >= 4 is 5.91 Å². The zero-order valence-electron chi connectivity index (χ0n) is 7.42. The summed E-state index contributed by atoms with van der Waals surface area (Å²) in [6.45, 7) is 0.402. The summed E-state index contributed by atoms with van der Waals surface area (Å²) in [5.41, 5.74) is 0. The maximum Gasteiger partial charge on any atom is 0.234 e. The van der Waals surface area contributed by atoms with Crippen molar-refractivity contribution < 1.29 is 4.79 Å². The Morgan fingerprint density at radius 3 is 3.00 bits per heavy atom. The van der Waals surface area contributed by atoms with Crippen LogP contribution in [0.4, 0.5) is 0 Å². The van der Waals surface area contributed by atoms with Gasteiger partial charge in [-0.1, -0.05) is 0 Å². The van der Waals surface area contributed by atoms with Crippen LogP contribution in [0.2, 0.25) is 0 Å². The number of amides is 1. The predicted molar refractivity (Wildman–Crippen MR) is 46.7 cm³/mol. The highest BCUT2D eigenvalue weighted by atomic mass is 16.2. The van der Waals surface area contributed by atoms with Crippen LogP contribution in [0.15, 0.2) is 0 Å².